The Morgan fingerprint density at radius 3 is 2.25 bits per heavy atom. The fourth-order valence-electron chi connectivity index (χ4n) is 1.12. The van der Waals surface area contributed by atoms with Gasteiger partial charge in [0, 0.05) is 5.54 Å². The van der Waals surface area contributed by atoms with Gasteiger partial charge in [0.1, 0.15) is 0 Å². The lowest BCUT2D eigenvalue weighted by Crippen LogP contribution is -2.36. The van der Waals surface area contributed by atoms with E-state index in [2.05, 4.69) is 39.9 Å². The maximum atomic E-state index is 3.50. The van der Waals surface area contributed by atoms with Gasteiger partial charge in [0.05, 0.1) is 0 Å². The molecule has 0 saturated heterocycles. The summed E-state index contributed by atoms with van der Waals surface area (Å²) in [6, 6.07) is 0. The Balaban J connectivity index is 3.22. The van der Waals surface area contributed by atoms with E-state index in [1.54, 1.807) is 0 Å². The van der Waals surface area contributed by atoms with Crippen LogP contribution in [-0.2, 0) is 0 Å². The summed E-state index contributed by atoms with van der Waals surface area (Å²) in [7, 11) is 0. The molecule has 0 amide bonds. The Bertz CT molecular complexity index is 102. The van der Waals surface area contributed by atoms with Crippen molar-refractivity contribution in [3.63, 3.8) is 0 Å². The van der Waals surface area contributed by atoms with E-state index in [1.807, 2.05) is 0 Å². The zero-order valence-electron chi connectivity index (χ0n) is 9.41. The van der Waals surface area contributed by atoms with E-state index in [0.29, 0.717) is 0 Å². The van der Waals surface area contributed by atoms with Crippen molar-refractivity contribution in [3.8, 4) is 0 Å². The number of hydrogen-bond acceptors (Lipinski definition) is 1. The predicted molar refractivity (Wildman–Crippen MR) is 56.4 cm³/mol. The zero-order chi connectivity index (χ0) is 9.61. The van der Waals surface area contributed by atoms with Crippen molar-refractivity contribution < 1.29 is 0 Å². The molecular formula is C11H25N. The molecule has 0 heterocycles. The quantitative estimate of drug-likeness (QED) is 0.626. The molecule has 0 aliphatic carbocycles. The van der Waals surface area contributed by atoms with Crippen molar-refractivity contribution >= 4 is 0 Å². The number of nitrogens with one attached hydrogen (secondary N) is 1. The smallest absolute Gasteiger partial charge is 0.00965 e. The zero-order valence-corrected chi connectivity index (χ0v) is 9.41. The molecule has 74 valence electrons. The van der Waals surface area contributed by atoms with Gasteiger partial charge in [-0.15, -0.1) is 0 Å². The summed E-state index contributed by atoms with van der Waals surface area (Å²) in [6.07, 6.45) is 3.99. The van der Waals surface area contributed by atoms with Crippen LogP contribution in [0, 0.1) is 5.92 Å². The van der Waals surface area contributed by atoms with E-state index < -0.39 is 0 Å². The van der Waals surface area contributed by atoms with E-state index in [-0.39, 0.29) is 5.54 Å². The fourth-order valence-corrected chi connectivity index (χ4v) is 1.12. The summed E-state index contributed by atoms with van der Waals surface area (Å²) in [5, 5.41) is 3.50. The maximum absolute atomic E-state index is 3.50. The molecule has 0 radical (unpaired) electrons. The second kappa shape index (κ2) is 5.58. The monoisotopic (exact) mass is 171 g/mol. The summed E-state index contributed by atoms with van der Waals surface area (Å²) in [6.45, 7) is 12.4. The van der Waals surface area contributed by atoms with Crippen LogP contribution in [0.5, 0.6) is 0 Å². The molecule has 1 nitrogen and oxygen atoms in total. The van der Waals surface area contributed by atoms with Gasteiger partial charge in [0.15, 0.2) is 0 Å². The summed E-state index contributed by atoms with van der Waals surface area (Å²) in [5.74, 6) is 0.895. The van der Waals surface area contributed by atoms with Crippen molar-refractivity contribution in [3.05, 3.63) is 0 Å². The van der Waals surface area contributed by atoms with Crippen LogP contribution in [-0.4, -0.2) is 12.1 Å². The molecule has 0 unspecified atom stereocenters. The average Bonchev–Trinajstić information content (AvgIpc) is 1.96. The SMILES string of the molecule is CC[C@@H](C)CCCNC(C)(C)C. The minimum atomic E-state index is 0.287. The Hall–Kier alpha value is -0.0400. The normalized spacial score (nSPS) is 14.8. The topological polar surface area (TPSA) is 12.0 Å². The number of hydrogen-bond donors (Lipinski definition) is 1. The van der Waals surface area contributed by atoms with Gasteiger partial charge in [-0.1, -0.05) is 20.3 Å². The molecule has 0 saturated carbocycles. The maximum Gasteiger partial charge on any atom is 0.00965 e. The largest absolute Gasteiger partial charge is 0.312 e. The third kappa shape index (κ3) is 8.06. The highest BCUT2D eigenvalue weighted by Gasteiger charge is 2.07. The first-order chi connectivity index (χ1) is 5.45. The van der Waals surface area contributed by atoms with Gasteiger partial charge in [0.2, 0.25) is 0 Å². The second-order valence-corrected chi connectivity index (χ2v) is 4.83. The Kier molecular flexibility index (Phi) is 5.56. The van der Waals surface area contributed by atoms with Crippen LogP contribution in [0.4, 0.5) is 0 Å². The average molecular weight is 171 g/mol. The van der Waals surface area contributed by atoms with Gasteiger partial charge in [-0.3, -0.25) is 0 Å². The lowest BCUT2D eigenvalue weighted by molar-refractivity contribution is 0.399. The van der Waals surface area contributed by atoms with Gasteiger partial charge >= 0.3 is 0 Å². The van der Waals surface area contributed by atoms with Crippen LogP contribution in [0.2, 0.25) is 0 Å². The molecule has 1 heteroatoms. The molecule has 12 heavy (non-hydrogen) atoms. The van der Waals surface area contributed by atoms with Gasteiger partial charge in [0.25, 0.3) is 0 Å². The Labute approximate surface area is 77.9 Å². The van der Waals surface area contributed by atoms with Crippen molar-refractivity contribution in [1.29, 1.82) is 0 Å². The summed E-state index contributed by atoms with van der Waals surface area (Å²) < 4.78 is 0. The summed E-state index contributed by atoms with van der Waals surface area (Å²) in [5.41, 5.74) is 0.287. The first-order valence-electron chi connectivity index (χ1n) is 5.20. The first-order valence-corrected chi connectivity index (χ1v) is 5.20. The molecule has 1 atom stereocenters. The van der Waals surface area contributed by atoms with Crippen molar-refractivity contribution in [1.82, 2.24) is 5.32 Å². The van der Waals surface area contributed by atoms with Crippen molar-refractivity contribution in [2.75, 3.05) is 6.54 Å². The molecule has 0 bridgehead atoms. The molecule has 0 aromatic carbocycles. The molecule has 0 aliphatic heterocycles. The first kappa shape index (κ1) is 12.0. The predicted octanol–water partition coefficient (Wildman–Crippen LogP) is 3.20. The molecule has 0 rings (SSSR count). The third-order valence-corrected chi connectivity index (χ3v) is 2.23. The van der Waals surface area contributed by atoms with Crippen LogP contribution >= 0.6 is 0 Å². The van der Waals surface area contributed by atoms with Crippen LogP contribution in [0.3, 0.4) is 0 Å². The van der Waals surface area contributed by atoms with E-state index in [9.17, 15) is 0 Å². The van der Waals surface area contributed by atoms with Gasteiger partial charge < -0.3 is 5.32 Å². The summed E-state index contributed by atoms with van der Waals surface area (Å²) >= 11 is 0. The molecule has 0 aromatic heterocycles. The van der Waals surface area contributed by atoms with E-state index in [1.165, 1.54) is 19.3 Å². The van der Waals surface area contributed by atoms with Crippen LogP contribution in [0.1, 0.15) is 53.9 Å². The highest BCUT2D eigenvalue weighted by molar-refractivity contribution is 4.69. The fraction of sp³-hybridized carbons (Fsp3) is 1.00. The van der Waals surface area contributed by atoms with Crippen LogP contribution in [0.15, 0.2) is 0 Å². The van der Waals surface area contributed by atoms with Gasteiger partial charge in [-0.25, -0.2) is 0 Å². The lowest BCUT2D eigenvalue weighted by atomic mass is 10.0. The molecule has 0 fully saturated rings. The van der Waals surface area contributed by atoms with Gasteiger partial charge in [-0.2, -0.15) is 0 Å². The summed E-state index contributed by atoms with van der Waals surface area (Å²) in [4.78, 5) is 0. The Morgan fingerprint density at radius 2 is 1.83 bits per heavy atom. The minimum Gasteiger partial charge on any atom is -0.312 e. The van der Waals surface area contributed by atoms with E-state index in [0.717, 1.165) is 12.5 Å². The Morgan fingerprint density at radius 1 is 1.25 bits per heavy atom. The molecule has 0 aromatic rings. The third-order valence-electron chi connectivity index (χ3n) is 2.23. The standard InChI is InChI=1S/C11H25N/c1-6-10(2)8-7-9-12-11(3,4)5/h10,12H,6-9H2,1-5H3/t10-/m1/s1. The minimum absolute atomic E-state index is 0.287. The van der Waals surface area contributed by atoms with Crippen LogP contribution < -0.4 is 5.32 Å². The highest BCUT2D eigenvalue weighted by Crippen LogP contribution is 2.09. The van der Waals surface area contributed by atoms with Crippen molar-refractivity contribution in [2.24, 2.45) is 5.92 Å². The molecule has 1 N–H and O–H groups in total. The molecule has 0 spiro atoms. The van der Waals surface area contributed by atoms with E-state index in [4.69, 9.17) is 0 Å². The second-order valence-electron chi connectivity index (χ2n) is 4.83. The highest BCUT2D eigenvalue weighted by atomic mass is 14.9. The van der Waals surface area contributed by atoms with Gasteiger partial charge in [-0.05, 0) is 46.1 Å². The number of rotatable bonds is 5. The molecular weight excluding hydrogens is 146 g/mol. The molecule has 0 aliphatic rings. The lowest BCUT2D eigenvalue weighted by Gasteiger charge is -2.20. The van der Waals surface area contributed by atoms with Crippen LogP contribution in [0.25, 0.3) is 0 Å². The van der Waals surface area contributed by atoms with E-state index >= 15 is 0 Å². The van der Waals surface area contributed by atoms with Crippen molar-refractivity contribution in [2.45, 2.75) is 59.4 Å².